The van der Waals surface area contributed by atoms with Crippen molar-refractivity contribution < 1.29 is 27.4 Å². The summed E-state index contributed by atoms with van der Waals surface area (Å²) < 4.78 is 47.9. The van der Waals surface area contributed by atoms with Gasteiger partial charge < -0.3 is 19.7 Å². The van der Waals surface area contributed by atoms with E-state index in [0.717, 1.165) is 44.3 Å². The first kappa shape index (κ1) is 16.9. The van der Waals surface area contributed by atoms with Gasteiger partial charge in [-0.2, -0.15) is 8.78 Å². The Morgan fingerprint density at radius 3 is 2.88 bits per heavy atom. The highest BCUT2D eigenvalue weighted by atomic mass is 19.3. The lowest BCUT2D eigenvalue weighted by Gasteiger charge is -2.20. The quantitative estimate of drug-likeness (QED) is 0.912. The van der Waals surface area contributed by atoms with Gasteiger partial charge in [-0.1, -0.05) is 0 Å². The summed E-state index contributed by atoms with van der Waals surface area (Å²) in [4.78, 5) is 14.0. The van der Waals surface area contributed by atoms with Crippen molar-refractivity contribution in [3.8, 4) is 5.75 Å². The Balaban J connectivity index is 1.63. The van der Waals surface area contributed by atoms with Gasteiger partial charge in [0.25, 0.3) is 0 Å². The van der Waals surface area contributed by atoms with Gasteiger partial charge in [0.15, 0.2) is 0 Å². The van der Waals surface area contributed by atoms with Crippen LogP contribution in [0.3, 0.4) is 0 Å². The number of likely N-dealkylation sites (tertiary alicyclic amines) is 1. The highest BCUT2D eigenvalue weighted by Gasteiger charge is 2.34. The topological polar surface area (TPSA) is 50.8 Å². The van der Waals surface area contributed by atoms with Crippen LogP contribution in [-0.2, 0) is 4.74 Å². The van der Waals surface area contributed by atoms with Crippen LogP contribution in [0.4, 0.5) is 23.7 Å². The van der Waals surface area contributed by atoms with E-state index in [-0.39, 0.29) is 11.4 Å². The van der Waals surface area contributed by atoms with Gasteiger partial charge in [-0.15, -0.1) is 0 Å². The molecule has 0 unspecified atom stereocenters. The number of hydrogen-bond donors (Lipinski definition) is 1. The molecular formula is C16H19F3N2O3. The Hall–Kier alpha value is -1.96. The average Bonchev–Trinajstić information content (AvgIpc) is 3.19. The minimum atomic E-state index is -3.05. The summed E-state index contributed by atoms with van der Waals surface area (Å²) in [5.41, 5.74) is -0.104. The van der Waals surface area contributed by atoms with E-state index >= 15 is 0 Å². The number of benzene rings is 1. The van der Waals surface area contributed by atoms with E-state index in [1.54, 1.807) is 4.90 Å². The number of nitrogens with zero attached hydrogens (tertiary/aromatic N) is 1. The Bertz CT molecular complexity index is 594. The van der Waals surface area contributed by atoms with Crippen LogP contribution >= 0.6 is 0 Å². The van der Waals surface area contributed by atoms with Crippen molar-refractivity contribution in [2.45, 2.75) is 19.5 Å². The molecule has 2 heterocycles. The van der Waals surface area contributed by atoms with Gasteiger partial charge in [0.05, 0.1) is 5.69 Å². The van der Waals surface area contributed by atoms with E-state index in [2.05, 4.69) is 10.1 Å². The van der Waals surface area contributed by atoms with Crippen LogP contribution in [0.5, 0.6) is 5.75 Å². The van der Waals surface area contributed by atoms with Gasteiger partial charge in [0.1, 0.15) is 11.6 Å². The second kappa shape index (κ2) is 7.29. The molecule has 5 nitrogen and oxygen atoms in total. The summed E-state index contributed by atoms with van der Waals surface area (Å²) in [5.74, 6) is -0.0775. The van der Waals surface area contributed by atoms with Crippen molar-refractivity contribution in [2.24, 2.45) is 11.8 Å². The second-order valence-corrected chi connectivity index (χ2v) is 6.07. The molecule has 2 fully saturated rings. The standard InChI is InChI=1S/C16H19F3N2O3/c17-12-1-2-14(24-15(18)19)13(7-12)20-16(22)21-5-3-10(8-21)11-4-6-23-9-11/h1-2,7,10-11,15H,3-6,8-9H2,(H,20,22)/t10-,11+/m0/s1. The van der Waals surface area contributed by atoms with Crippen molar-refractivity contribution in [2.75, 3.05) is 31.6 Å². The molecule has 0 bridgehead atoms. The zero-order chi connectivity index (χ0) is 17.1. The van der Waals surface area contributed by atoms with E-state index in [9.17, 15) is 18.0 Å². The smallest absolute Gasteiger partial charge is 0.387 e. The molecule has 2 saturated heterocycles. The molecular weight excluding hydrogens is 325 g/mol. The molecule has 8 heteroatoms. The molecule has 2 aliphatic rings. The number of alkyl halides is 2. The maximum absolute atomic E-state index is 13.4. The lowest BCUT2D eigenvalue weighted by Crippen LogP contribution is -2.34. The third kappa shape index (κ3) is 3.92. The second-order valence-electron chi connectivity index (χ2n) is 6.07. The molecule has 2 atom stereocenters. The predicted molar refractivity (Wildman–Crippen MR) is 80.7 cm³/mol. The fraction of sp³-hybridized carbons (Fsp3) is 0.562. The number of carbonyl (C=O) groups is 1. The fourth-order valence-corrected chi connectivity index (χ4v) is 3.27. The lowest BCUT2D eigenvalue weighted by atomic mass is 9.91. The molecule has 0 aromatic heterocycles. The fourth-order valence-electron chi connectivity index (χ4n) is 3.27. The Morgan fingerprint density at radius 2 is 2.17 bits per heavy atom. The Morgan fingerprint density at radius 1 is 1.33 bits per heavy atom. The number of anilines is 1. The number of amides is 2. The third-order valence-electron chi connectivity index (χ3n) is 4.54. The van der Waals surface area contributed by atoms with Crippen LogP contribution in [0.25, 0.3) is 0 Å². The summed E-state index contributed by atoms with van der Waals surface area (Å²) in [7, 11) is 0. The number of carbonyl (C=O) groups excluding carboxylic acids is 1. The molecule has 1 aromatic carbocycles. The van der Waals surface area contributed by atoms with E-state index < -0.39 is 18.5 Å². The van der Waals surface area contributed by atoms with E-state index in [0.29, 0.717) is 24.9 Å². The van der Waals surface area contributed by atoms with Crippen LogP contribution in [0.2, 0.25) is 0 Å². The van der Waals surface area contributed by atoms with Crippen LogP contribution in [0, 0.1) is 17.7 Å². The molecule has 0 spiro atoms. The molecule has 0 radical (unpaired) electrons. The van der Waals surface area contributed by atoms with Crippen molar-refractivity contribution in [3.05, 3.63) is 24.0 Å². The molecule has 1 aromatic rings. The van der Waals surface area contributed by atoms with Crippen molar-refractivity contribution in [1.82, 2.24) is 4.90 Å². The molecule has 2 amide bonds. The first-order valence-corrected chi connectivity index (χ1v) is 7.91. The van der Waals surface area contributed by atoms with Crippen molar-refractivity contribution >= 4 is 11.7 Å². The number of urea groups is 1. The van der Waals surface area contributed by atoms with Gasteiger partial charge in [0, 0.05) is 32.4 Å². The number of nitrogens with one attached hydrogen (secondary N) is 1. The number of rotatable bonds is 4. The van der Waals surface area contributed by atoms with E-state index in [1.807, 2.05) is 0 Å². The van der Waals surface area contributed by atoms with Gasteiger partial charge in [0.2, 0.25) is 0 Å². The largest absolute Gasteiger partial charge is 0.433 e. The molecule has 3 rings (SSSR count). The van der Waals surface area contributed by atoms with Crippen LogP contribution in [-0.4, -0.2) is 43.8 Å². The SMILES string of the molecule is O=C(Nc1cc(F)ccc1OC(F)F)N1CC[C@H]([C@@H]2CCOC2)C1. The van der Waals surface area contributed by atoms with E-state index in [4.69, 9.17) is 4.74 Å². The molecule has 132 valence electrons. The van der Waals surface area contributed by atoms with Crippen molar-refractivity contribution in [1.29, 1.82) is 0 Å². The zero-order valence-corrected chi connectivity index (χ0v) is 13.0. The maximum atomic E-state index is 13.4. The molecule has 0 aliphatic carbocycles. The summed E-state index contributed by atoms with van der Waals surface area (Å²) in [6, 6.07) is 2.59. The summed E-state index contributed by atoms with van der Waals surface area (Å²) >= 11 is 0. The summed E-state index contributed by atoms with van der Waals surface area (Å²) in [6.45, 7) is -0.417. The first-order chi connectivity index (χ1) is 11.5. The van der Waals surface area contributed by atoms with Crippen LogP contribution in [0.15, 0.2) is 18.2 Å². The summed E-state index contributed by atoms with van der Waals surface area (Å²) in [5, 5.41) is 2.47. The molecule has 24 heavy (non-hydrogen) atoms. The lowest BCUT2D eigenvalue weighted by molar-refractivity contribution is -0.0494. The predicted octanol–water partition coefficient (Wildman–Crippen LogP) is 3.32. The van der Waals surface area contributed by atoms with Gasteiger partial charge >= 0.3 is 12.6 Å². The Labute approximate surface area is 137 Å². The van der Waals surface area contributed by atoms with E-state index in [1.165, 1.54) is 0 Å². The zero-order valence-electron chi connectivity index (χ0n) is 13.0. The molecule has 2 aliphatic heterocycles. The maximum Gasteiger partial charge on any atom is 0.387 e. The normalized spacial score (nSPS) is 23.8. The minimum Gasteiger partial charge on any atom is -0.433 e. The number of ether oxygens (including phenoxy) is 2. The monoisotopic (exact) mass is 344 g/mol. The minimum absolute atomic E-state index is 0.104. The van der Waals surface area contributed by atoms with Crippen LogP contribution < -0.4 is 10.1 Å². The third-order valence-corrected chi connectivity index (χ3v) is 4.54. The number of halogens is 3. The summed E-state index contributed by atoms with van der Waals surface area (Å²) in [6.07, 6.45) is 1.88. The highest BCUT2D eigenvalue weighted by molar-refractivity contribution is 5.91. The average molecular weight is 344 g/mol. The van der Waals surface area contributed by atoms with Crippen LogP contribution in [0.1, 0.15) is 12.8 Å². The highest BCUT2D eigenvalue weighted by Crippen LogP contribution is 2.31. The Kier molecular flexibility index (Phi) is 5.13. The first-order valence-electron chi connectivity index (χ1n) is 7.91. The van der Waals surface area contributed by atoms with Gasteiger partial charge in [-0.3, -0.25) is 0 Å². The van der Waals surface area contributed by atoms with Gasteiger partial charge in [-0.25, -0.2) is 9.18 Å². The van der Waals surface area contributed by atoms with Gasteiger partial charge in [-0.05, 0) is 36.8 Å². The molecule has 0 saturated carbocycles. The molecule has 1 N–H and O–H groups in total. The van der Waals surface area contributed by atoms with Crippen molar-refractivity contribution in [3.63, 3.8) is 0 Å². The number of hydrogen-bond acceptors (Lipinski definition) is 3.